The van der Waals surface area contributed by atoms with E-state index in [4.69, 9.17) is 5.73 Å². The van der Waals surface area contributed by atoms with Crippen LogP contribution in [0.2, 0.25) is 0 Å². The number of benzene rings is 1. The molecular formula is C16H26N2O. The summed E-state index contributed by atoms with van der Waals surface area (Å²) in [4.78, 5) is 11.7. The minimum Gasteiger partial charge on any atom is -0.356 e. The van der Waals surface area contributed by atoms with Gasteiger partial charge in [0.05, 0.1) is 0 Å². The topological polar surface area (TPSA) is 55.1 Å². The summed E-state index contributed by atoms with van der Waals surface area (Å²) < 4.78 is 0. The van der Waals surface area contributed by atoms with Crippen LogP contribution in [0.1, 0.15) is 44.2 Å². The molecule has 0 heterocycles. The Hall–Kier alpha value is -1.35. The van der Waals surface area contributed by atoms with Crippen LogP contribution in [-0.4, -0.2) is 19.0 Å². The van der Waals surface area contributed by atoms with Crippen LogP contribution in [0.15, 0.2) is 24.3 Å². The maximum atomic E-state index is 11.7. The third kappa shape index (κ3) is 5.88. The van der Waals surface area contributed by atoms with E-state index in [-0.39, 0.29) is 5.91 Å². The molecule has 0 spiro atoms. The van der Waals surface area contributed by atoms with Crippen LogP contribution in [0.3, 0.4) is 0 Å². The van der Waals surface area contributed by atoms with Gasteiger partial charge in [0.1, 0.15) is 0 Å². The Bertz CT molecular complexity index is 384. The number of carbonyl (C=O) groups excluding carboxylic acids is 1. The van der Waals surface area contributed by atoms with E-state index in [0.717, 1.165) is 6.42 Å². The molecule has 19 heavy (non-hydrogen) atoms. The summed E-state index contributed by atoms with van der Waals surface area (Å²) in [6.45, 7) is 7.67. The van der Waals surface area contributed by atoms with E-state index < -0.39 is 0 Å². The third-order valence-electron chi connectivity index (χ3n) is 3.34. The average Bonchev–Trinajstić information content (AvgIpc) is 2.42. The van der Waals surface area contributed by atoms with Gasteiger partial charge in [0.2, 0.25) is 5.91 Å². The summed E-state index contributed by atoms with van der Waals surface area (Å²) in [6, 6.07) is 8.53. The molecule has 0 saturated carbocycles. The maximum absolute atomic E-state index is 11.7. The summed E-state index contributed by atoms with van der Waals surface area (Å²) in [5, 5.41) is 2.91. The molecular weight excluding hydrogens is 236 g/mol. The molecule has 0 aromatic heterocycles. The molecule has 3 nitrogen and oxygen atoms in total. The summed E-state index contributed by atoms with van der Waals surface area (Å²) in [5.74, 6) is 0.998. The minimum absolute atomic E-state index is 0.105. The first kappa shape index (κ1) is 15.7. The number of hydrogen-bond donors (Lipinski definition) is 2. The molecule has 1 unspecified atom stereocenters. The van der Waals surface area contributed by atoms with E-state index in [0.29, 0.717) is 31.3 Å². The van der Waals surface area contributed by atoms with Gasteiger partial charge in [-0.25, -0.2) is 0 Å². The van der Waals surface area contributed by atoms with E-state index in [1.165, 1.54) is 11.1 Å². The molecule has 0 bridgehead atoms. The third-order valence-corrected chi connectivity index (χ3v) is 3.34. The molecule has 3 N–H and O–H groups in total. The van der Waals surface area contributed by atoms with E-state index in [1.54, 1.807) is 0 Å². The highest BCUT2D eigenvalue weighted by atomic mass is 16.1. The number of nitrogens with two attached hydrogens (primary N) is 1. The summed E-state index contributed by atoms with van der Waals surface area (Å²) >= 11 is 0. The van der Waals surface area contributed by atoms with Crippen LogP contribution in [0.4, 0.5) is 0 Å². The lowest BCUT2D eigenvalue weighted by Crippen LogP contribution is -2.31. The largest absolute Gasteiger partial charge is 0.356 e. The Kier molecular flexibility index (Phi) is 6.57. The number of amides is 1. The SMILES string of the molecule is CC(CN)CNC(=O)CCc1ccc(C(C)C)cc1. The second-order valence-corrected chi connectivity index (χ2v) is 5.54. The molecule has 0 aliphatic rings. The van der Waals surface area contributed by atoms with Gasteiger partial charge < -0.3 is 11.1 Å². The quantitative estimate of drug-likeness (QED) is 0.793. The van der Waals surface area contributed by atoms with Crippen LogP contribution >= 0.6 is 0 Å². The zero-order chi connectivity index (χ0) is 14.3. The normalized spacial score (nSPS) is 12.5. The fourth-order valence-electron chi connectivity index (χ4n) is 1.79. The molecule has 0 aliphatic carbocycles. The van der Waals surface area contributed by atoms with Gasteiger partial charge in [-0.1, -0.05) is 45.0 Å². The zero-order valence-electron chi connectivity index (χ0n) is 12.3. The first-order valence-corrected chi connectivity index (χ1v) is 7.08. The van der Waals surface area contributed by atoms with Gasteiger partial charge in [0, 0.05) is 13.0 Å². The summed E-state index contributed by atoms with van der Waals surface area (Å²) in [5.41, 5.74) is 8.06. The van der Waals surface area contributed by atoms with E-state index in [1.807, 2.05) is 6.92 Å². The van der Waals surface area contributed by atoms with Crippen molar-refractivity contribution in [3.8, 4) is 0 Å². The minimum atomic E-state index is 0.105. The van der Waals surface area contributed by atoms with E-state index >= 15 is 0 Å². The van der Waals surface area contributed by atoms with Crippen molar-refractivity contribution in [3.63, 3.8) is 0 Å². The van der Waals surface area contributed by atoms with Crippen LogP contribution < -0.4 is 11.1 Å². The van der Waals surface area contributed by atoms with Crippen LogP contribution in [0, 0.1) is 5.92 Å². The van der Waals surface area contributed by atoms with Gasteiger partial charge in [0.15, 0.2) is 0 Å². The highest BCUT2D eigenvalue weighted by Gasteiger charge is 2.05. The lowest BCUT2D eigenvalue weighted by Gasteiger charge is -2.10. The number of hydrogen-bond acceptors (Lipinski definition) is 2. The molecule has 0 radical (unpaired) electrons. The number of carbonyl (C=O) groups is 1. The van der Waals surface area contributed by atoms with Crippen LogP contribution in [0.5, 0.6) is 0 Å². The molecule has 0 fully saturated rings. The molecule has 0 saturated heterocycles. The Morgan fingerprint density at radius 1 is 1.21 bits per heavy atom. The van der Waals surface area contributed by atoms with Crippen molar-refractivity contribution >= 4 is 5.91 Å². The predicted molar refractivity (Wildman–Crippen MR) is 80.1 cm³/mol. The first-order chi connectivity index (χ1) is 9.02. The molecule has 1 aromatic rings. The molecule has 106 valence electrons. The highest BCUT2D eigenvalue weighted by molar-refractivity contribution is 5.76. The van der Waals surface area contributed by atoms with Gasteiger partial charge in [-0.15, -0.1) is 0 Å². The van der Waals surface area contributed by atoms with Gasteiger partial charge in [-0.3, -0.25) is 4.79 Å². The van der Waals surface area contributed by atoms with Crippen molar-refractivity contribution in [3.05, 3.63) is 35.4 Å². The van der Waals surface area contributed by atoms with E-state index in [2.05, 4.69) is 43.4 Å². The summed E-state index contributed by atoms with van der Waals surface area (Å²) in [7, 11) is 0. The lowest BCUT2D eigenvalue weighted by atomic mass is 10.0. The predicted octanol–water partition coefficient (Wildman–Crippen LogP) is 2.45. The number of nitrogens with one attached hydrogen (secondary N) is 1. The van der Waals surface area contributed by atoms with Gasteiger partial charge in [-0.05, 0) is 35.9 Å². The number of aryl methyl sites for hydroxylation is 1. The molecule has 0 aliphatic heterocycles. The summed E-state index contributed by atoms with van der Waals surface area (Å²) in [6.07, 6.45) is 1.33. The number of rotatable bonds is 7. The molecule has 3 heteroatoms. The zero-order valence-corrected chi connectivity index (χ0v) is 12.3. The van der Waals surface area contributed by atoms with Crippen molar-refractivity contribution in [1.29, 1.82) is 0 Å². The Morgan fingerprint density at radius 3 is 2.37 bits per heavy atom. The first-order valence-electron chi connectivity index (χ1n) is 7.08. The van der Waals surface area contributed by atoms with Gasteiger partial charge >= 0.3 is 0 Å². The molecule has 1 atom stereocenters. The maximum Gasteiger partial charge on any atom is 0.220 e. The second-order valence-electron chi connectivity index (χ2n) is 5.54. The fraction of sp³-hybridized carbons (Fsp3) is 0.562. The highest BCUT2D eigenvalue weighted by Crippen LogP contribution is 2.15. The van der Waals surface area contributed by atoms with Crippen LogP contribution in [-0.2, 0) is 11.2 Å². The second kappa shape index (κ2) is 7.95. The smallest absolute Gasteiger partial charge is 0.220 e. The van der Waals surface area contributed by atoms with Crippen molar-refractivity contribution < 1.29 is 4.79 Å². The monoisotopic (exact) mass is 262 g/mol. The van der Waals surface area contributed by atoms with Gasteiger partial charge in [0.25, 0.3) is 0 Å². The average molecular weight is 262 g/mol. The Labute approximate surface area is 116 Å². The Balaban J connectivity index is 2.33. The lowest BCUT2D eigenvalue weighted by molar-refractivity contribution is -0.121. The standard InChI is InChI=1S/C16H26N2O/c1-12(2)15-7-4-14(5-8-15)6-9-16(19)18-11-13(3)10-17/h4-5,7-8,12-13H,6,9-11,17H2,1-3H3,(H,18,19). The van der Waals surface area contributed by atoms with Crippen molar-refractivity contribution in [2.75, 3.05) is 13.1 Å². The Morgan fingerprint density at radius 2 is 1.84 bits per heavy atom. The van der Waals surface area contributed by atoms with Crippen molar-refractivity contribution in [2.24, 2.45) is 11.7 Å². The molecule has 1 rings (SSSR count). The molecule has 1 amide bonds. The molecule has 1 aromatic carbocycles. The van der Waals surface area contributed by atoms with Crippen molar-refractivity contribution in [1.82, 2.24) is 5.32 Å². The van der Waals surface area contributed by atoms with Crippen molar-refractivity contribution in [2.45, 2.75) is 39.5 Å². The van der Waals surface area contributed by atoms with Gasteiger partial charge in [-0.2, -0.15) is 0 Å². The van der Waals surface area contributed by atoms with Crippen LogP contribution in [0.25, 0.3) is 0 Å². The fourth-order valence-corrected chi connectivity index (χ4v) is 1.79. The van der Waals surface area contributed by atoms with E-state index in [9.17, 15) is 4.79 Å².